The van der Waals surface area contributed by atoms with Crippen molar-refractivity contribution < 1.29 is 63.1 Å². The zero-order chi connectivity index (χ0) is 38.6. The van der Waals surface area contributed by atoms with Crippen molar-refractivity contribution in [1.82, 2.24) is 0 Å². The fourth-order valence-electron chi connectivity index (χ4n) is 6.07. The molecule has 14 heteroatoms. The molecule has 0 heterocycles. The second kappa shape index (κ2) is 29.9. The molecule has 306 valence electrons. The van der Waals surface area contributed by atoms with Crippen molar-refractivity contribution in [3.63, 3.8) is 0 Å². The smallest absolute Gasteiger partial charge is 0.462 e. The van der Waals surface area contributed by atoms with Crippen molar-refractivity contribution in [2.45, 2.75) is 204 Å². The van der Waals surface area contributed by atoms with Gasteiger partial charge in [0.1, 0.15) is 43.2 Å². The predicted molar refractivity (Wildman–Crippen MR) is 198 cm³/mol. The van der Waals surface area contributed by atoms with E-state index in [4.69, 9.17) is 18.5 Å². The van der Waals surface area contributed by atoms with Gasteiger partial charge in [0.15, 0.2) is 6.10 Å². The zero-order valence-electron chi connectivity index (χ0n) is 31.9. The van der Waals surface area contributed by atoms with Crippen molar-refractivity contribution in [1.29, 1.82) is 0 Å². The number of allylic oxidation sites excluding steroid dienone is 2. The Morgan fingerprint density at radius 2 is 1.02 bits per heavy atom. The summed E-state index contributed by atoms with van der Waals surface area (Å²) >= 11 is 0. The highest BCUT2D eigenvalue weighted by molar-refractivity contribution is 7.47. The number of carbonyl (C=O) groups excluding carboxylic acids is 2. The Hall–Kier alpha value is -1.41. The number of hydrogen-bond acceptors (Lipinski definition) is 12. The van der Waals surface area contributed by atoms with E-state index in [1.165, 1.54) is 83.5 Å². The van der Waals surface area contributed by atoms with Crippen molar-refractivity contribution in [2.24, 2.45) is 0 Å². The highest BCUT2D eigenvalue weighted by atomic mass is 31.2. The zero-order valence-corrected chi connectivity index (χ0v) is 32.8. The molecule has 0 aromatic heterocycles. The van der Waals surface area contributed by atoms with Gasteiger partial charge in [0.2, 0.25) is 0 Å². The van der Waals surface area contributed by atoms with Crippen molar-refractivity contribution in [2.75, 3.05) is 13.2 Å². The Kier molecular flexibility index (Phi) is 27.9. The van der Waals surface area contributed by atoms with Crippen molar-refractivity contribution >= 4 is 19.8 Å². The molecule has 1 aliphatic rings. The lowest BCUT2D eigenvalue weighted by Crippen LogP contribution is -2.64. The van der Waals surface area contributed by atoms with Crippen LogP contribution in [0.5, 0.6) is 0 Å². The molecule has 0 spiro atoms. The molecule has 0 radical (unpaired) electrons. The van der Waals surface area contributed by atoms with Crippen LogP contribution >= 0.6 is 7.82 Å². The van der Waals surface area contributed by atoms with Gasteiger partial charge in [-0.1, -0.05) is 135 Å². The molecule has 6 N–H and O–H groups in total. The molecule has 1 saturated carbocycles. The Morgan fingerprint density at radius 3 is 1.54 bits per heavy atom. The fraction of sp³-hybridized carbons (Fsp3) is 0.895. The largest absolute Gasteiger partial charge is 0.472 e. The molecule has 0 aliphatic heterocycles. The molecule has 0 amide bonds. The lowest BCUT2D eigenvalue weighted by Gasteiger charge is -2.41. The minimum Gasteiger partial charge on any atom is -0.462 e. The van der Waals surface area contributed by atoms with Crippen LogP contribution in [0, 0.1) is 0 Å². The first-order valence-electron chi connectivity index (χ1n) is 20.0. The Bertz CT molecular complexity index is 980. The number of hydrogen-bond donors (Lipinski definition) is 6. The molecule has 52 heavy (non-hydrogen) atoms. The third-order valence-electron chi connectivity index (χ3n) is 9.37. The number of esters is 2. The molecule has 6 unspecified atom stereocenters. The number of phosphoric ester groups is 1. The van der Waals surface area contributed by atoms with E-state index in [2.05, 4.69) is 19.9 Å². The maximum absolute atomic E-state index is 12.7. The predicted octanol–water partition coefficient (Wildman–Crippen LogP) is 6.33. The molecule has 8 atom stereocenters. The number of ether oxygens (including phenoxy) is 2. The van der Waals surface area contributed by atoms with Crippen LogP contribution < -0.4 is 0 Å². The van der Waals surface area contributed by atoms with Crippen LogP contribution in [-0.2, 0) is 32.7 Å². The second-order valence-corrected chi connectivity index (χ2v) is 15.5. The summed E-state index contributed by atoms with van der Waals surface area (Å²) in [5.41, 5.74) is 0. The van der Waals surface area contributed by atoms with Gasteiger partial charge in [-0.15, -0.1) is 0 Å². The second-order valence-electron chi connectivity index (χ2n) is 14.1. The number of rotatable bonds is 32. The Labute approximate surface area is 312 Å². The number of carbonyl (C=O) groups is 2. The highest BCUT2D eigenvalue weighted by Gasteiger charge is 2.51. The molecule has 1 aliphatic carbocycles. The third kappa shape index (κ3) is 22.7. The van der Waals surface area contributed by atoms with Crippen LogP contribution in [0.3, 0.4) is 0 Å². The summed E-state index contributed by atoms with van der Waals surface area (Å²) in [6, 6.07) is 0. The molecular weight excluding hydrogens is 695 g/mol. The van der Waals surface area contributed by atoms with Gasteiger partial charge in [0, 0.05) is 12.8 Å². The molecule has 0 aromatic carbocycles. The maximum atomic E-state index is 12.7. The Morgan fingerprint density at radius 1 is 0.577 bits per heavy atom. The molecule has 0 aromatic rings. The first-order valence-corrected chi connectivity index (χ1v) is 21.5. The van der Waals surface area contributed by atoms with E-state index < -0.39 is 75.7 Å². The monoisotopic (exact) mass is 766 g/mol. The number of phosphoric acid groups is 1. The average Bonchev–Trinajstić information content (AvgIpc) is 3.12. The molecular formula is C38H71O13P. The average molecular weight is 767 g/mol. The van der Waals surface area contributed by atoms with E-state index in [9.17, 15) is 44.6 Å². The van der Waals surface area contributed by atoms with Gasteiger partial charge >= 0.3 is 19.8 Å². The van der Waals surface area contributed by atoms with Gasteiger partial charge < -0.3 is 39.9 Å². The number of unbranched alkanes of at least 4 members (excludes halogenated alkanes) is 18. The van der Waals surface area contributed by atoms with Gasteiger partial charge in [-0.2, -0.15) is 0 Å². The van der Waals surface area contributed by atoms with Gasteiger partial charge in [-0.25, -0.2) is 4.57 Å². The third-order valence-corrected chi connectivity index (χ3v) is 10.4. The standard InChI is InChI=1S/C38H71O13P/c1-3-5-7-9-11-13-14-15-16-17-18-19-21-22-24-26-31(39)48-28-30(50-32(40)27-25-23-20-12-10-8-6-4-2)29-49-52(46,47)51-38-36(44)34(42)33(41)35(43)37(38)45/h21-22,30,33-38,41-45H,3-20,23-29H2,1-2H3,(H,46,47)/b22-21+/t30-,33?,34-,35?,36?,37?,38?/m0/s1. The minimum absolute atomic E-state index is 0.0874. The summed E-state index contributed by atoms with van der Waals surface area (Å²) in [6.45, 7) is 3.20. The van der Waals surface area contributed by atoms with Crippen LogP contribution in [0.4, 0.5) is 0 Å². The van der Waals surface area contributed by atoms with E-state index in [1.807, 2.05) is 6.08 Å². The van der Waals surface area contributed by atoms with Crippen molar-refractivity contribution in [3.05, 3.63) is 12.2 Å². The molecule has 0 saturated heterocycles. The van der Waals surface area contributed by atoms with Gasteiger partial charge in [0.05, 0.1) is 6.61 Å². The topological polar surface area (TPSA) is 210 Å². The van der Waals surface area contributed by atoms with E-state index in [-0.39, 0.29) is 12.8 Å². The lowest BCUT2D eigenvalue weighted by atomic mass is 9.85. The van der Waals surface area contributed by atoms with E-state index >= 15 is 0 Å². The van der Waals surface area contributed by atoms with Gasteiger partial charge in [-0.05, 0) is 25.7 Å². The van der Waals surface area contributed by atoms with Gasteiger partial charge in [-0.3, -0.25) is 18.6 Å². The summed E-state index contributed by atoms with van der Waals surface area (Å²) in [7, 11) is -5.11. The van der Waals surface area contributed by atoms with Crippen LogP contribution in [-0.4, -0.2) is 98.3 Å². The molecule has 1 fully saturated rings. The maximum Gasteiger partial charge on any atom is 0.472 e. The lowest BCUT2D eigenvalue weighted by molar-refractivity contribution is -0.220. The summed E-state index contributed by atoms with van der Waals surface area (Å²) in [6.07, 6.45) is 14.7. The fourth-order valence-corrected chi connectivity index (χ4v) is 7.04. The molecule has 0 bridgehead atoms. The van der Waals surface area contributed by atoms with Crippen molar-refractivity contribution in [3.8, 4) is 0 Å². The van der Waals surface area contributed by atoms with Crippen LogP contribution in [0.1, 0.15) is 162 Å². The SMILES string of the molecule is CCCCCCCCCCCCC/C=C/CCC(=O)OC[C@@H](COP(=O)(O)OC1C(O)C(O)C(O)[C@H](O)C1O)OC(=O)CCCCCCCCCC. The first-order chi connectivity index (χ1) is 24.9. The minimum atomic E-state index is -5.11. The van der Waals surface area contributed by atoms with E-state index in [0.29, 0.717) is 12.8 Å². The molecule has 13 nitrogen and oxygen atoms in total. The summed E-state index contributed by atoms with van der Waals surface area (Å²) in [5.74, 6) is -1.16. The van der Waals surface area contributed by atoms with Crippen LogP contribution in [0.15, 0.2) is 12.2 Å². The quantitative estimate of drug-likeness (QED) is 0.0192. The van der Waals surface area contributed by atoms with Crippen LogP contribution in [0.2, 0.25) is 0 Å². The number of aliphatic hydroxyl groups excluding tert-OH is 5. The van der Waals surface area contributed by atoms with E-state index in [1.54, 1.807) is 0 Å². The normalized spacial score (nSPS) is 23.8. The van der Waals surface area contributed by atoms with Gasteiger partial charge in [0.25, 0.3) is 0 Å². The summed E-state index contributed by atoms with van der Waals surface area (Å²) in [4.78, 5) is 35.3. The summed E-state index contributed by atoms with van der Waals surface area (Å²) in [5, 5.41) is 49.9. The van der Waals surface area contributed by atoms with Crippen LogP contribution in [0.25, 0.3) is 0 Å². The summed E-state index contributed by atoms with van der Waals surface area (Å²) < 4.78 is 33.2. The van der Waals surface area contributed by atoms with E-state index in [0.717, 1.165) is 38.5 Å². The first kappa shape index (κ1) is 48.6. The number of aliphatic hydroxyl groups is 5. The molecule has 1 rings (SSSR count). The Balaban J connectivity index is 2.51. The highest BCUT2D eigenvalue weighted by Crippen LogP contribution is 2.47.